The molecule has 1 aromatic rings. The minimum absolute atomic E-state index is 0.0836. The molecule has 17 heavy (non-hydrogen) atoms. The van der Waals surface area contributed by atoms with Crippen molar-refractivity contribution in [1.29, 1.82) is 0 Å². The van der Waals surface area contributed by atoms with Crippen molar-refractivity contribution in [1.82, 2.24) is 10.6 Å². The standard InChI is InChI=1S/C13H14N2O2/c1-3-10(2)15-12(16)9-14-13(17)11-7-5-4-6-8-11/h1,4-8,10H,9H2,2H3,(H,14,17)(H,15,16). The van der Waals surface area contributed by atoms with Gasteiger partial charge in [0, 0.05) is 5.56 Å². The molecule has 1 atom stereocenters. The summed E-state index contributed by atoms with van der Waals surface area (Å²) in [6, 6.07) is 8.36. The quantitative estimate of drug-likeness (QED) is 0.742. The molecular formula is C13H14N2O2. The van der Waals surface area contributed by atoms with Crippen LogP contribution in [0.4, 0.5) is 0 Å². The number of rotatable bonds is 4. The maximum atomic E-state index is 11.6. The average molecular weight is 230 g/mol. The zero-order valence-electron chi connectivity index (χ0n) is 9.57. The van der Waals surface area contributed by atoms with Gasteiger partial charge in [0.05, 0.1) is 12.6 Å². The van der Waals surface area contributed by atoms with Crippen molar-refractivity contribution in [3.63, 3.8) is 0 Å². The number of hydrogen-bond donors (Lipinski definition) is 2. The monoisotopic (exact) mass is 230 g/mol. The summed E-state index contributed by atoms with van der Waals surface area (Å²) in [5.41, 5.74) is 0.519. The number of nitrogens with one attached hydrogen (secondary N) is 2. The predicted octanol–water partition coefficient (Wildman–Crippen LogP) is 0.554. The smallest absolute Gasteiger partial charge is 0.251 e. The molecule has 2 N–H and O–H groups in total. The van der Waals surface area contributed by atoms with Crippen molar-refractivity contribution in [3.05, 3.63) is 35.9 Å². The SMILES string of the molecule is C#CC(C)NC(=O)CNC(=O)c1ccccc1. The first kappa shape index (κ1) is 12.8. The Balaban J connectivity index is 2.39. The molecule has 88 valence electrons. The van der Waals surface area contributed by atoms with E-state index in [1.807, 2.05) is 6.07 Å². The lowest BCUT2D eigenvalue weighted by atomic mass is 10.2. The van der Waals surface area contributed by atoms with Crippen molar-refractivity contribution in [2.75, 3.05) is 6.54 Å². The van der Waals surface area contributed by atoms with Crippen molar-refractivity contribution < 1.29 is 9.59 Å². The second-order valence-electron chi connectivity index (χ2n) is 3.50. The van der Waals surface area contributed by atoms with E-state index in [2.05, 4.69) is 16.6 Å². The third-order valence-electron chi connectivity index (χ3n) is 2.07. The van der Waals surface area contributed by atoms with Gasteiger partial charge in [-0.25, -0.2) is 0 Å². The van der Waals surface area contributed by atoms with Gasteiger partial charge in [-0.15, -0.1) is 6.42 Å². The van der Waals surface area contributed by atoms with Gasteiger partial charge >= 0.3 is 0 Å². The van der Waals surface area contributed by atoms with E-state index >= 15 is 0 Å². The topological polar surface area (TPSA) is 58.2 Å². The van der Waals surface area contributed by atoms with Gasteiger partial charge in [0.1, 0.15) is 0 Å². The summed E-state index contributed by atoms with van der Waals surface area (Å²) in [6.07, 6.45) is 5.12. The molecule has 0 saturated heterocycles. The highest BCUT2D eigenvalue weighted by Gasteiger charge is 2.08. The lowest BCUT2D eigenvalue weighted by Crippen LogP contribution is -2.40. The van der Waals surface area contributed by atoms with Gasteiger partial charge in [0.25, 0.3) is 5.91 Å². The normalized spacial score (nSPS) is 11.1. The Morgan fingerprint density at radius 3 is 2.59 bits per heavy atom. The van der Waals surface area contributed by atoms with Gasteiger partial charge in [-0.2, -0.15) is 0 Å². The van der Waals surface area contributed by atoms with Crippen LogP contribution in [0.15, 0.2) is 30.3 Å². The average Bonchev–Trinajstić information content (AvgIpc) is 2.36. The number of hydrogen-bond acceptors (Lipinski definition) is 2. The molecule has 0 aliphatic rings. The van der Waals surface area contributed by atoms with Gasteiger partial charge in [-0.05, 0) is 19.1 Å². The number of carbonyl (C=O) groups is 2. The van der Waals surface area contributed by atoms with E-state index in [4.69, 9.17) is 6.42 Å². The molecule has 0 spiro atoms. The maximum absolute atomic E-state index is 11.6. The Morgan fingerprint density at radius 2 is 2.00 bits per heavy atom. The highest BCUT2D eigenvalue weighted by Crippen LogP contribution is 1.97. The Kier molecular flexibility index (Phi) is 4.77. The molecular weight excluding hydrogens is 216 g/mol. The second kappa shape index (κ2) is 6.33. The fourth-order valence-corrected chi connectivity index (χ4v) is 1.19. The van der Waals surface area contributed by atoms with Crippen LogP contribution in [0.5, 0.6) is 0 Å². The van der Waals surface area contributed by atoms with E-state index in [9.17, 15) is 9.59 Å². The predicted molar refractivity (Wildman–Crippen MR) is 65.2 cm³/mol. The van der Waals surface area contributed by atoms with Gasteiger partial charge < -0.3 is 10.6 Å². The first-order chi connectivity index (χ1) is 8.13. The summed E-state index contributed by atoms with van der Waals surface area (Å²) < 4.78 is 0. The second-order valence-corrected chi connectivity index (χ2v) is 3.50. The number of amides is 2. The largest absolute Gasteiger partial charge is 0.343 e. The van der Waals surface area contributed by atoms with E-state index < -0.39 is 0 Å². The number of carbonyl (C=O) groups excluding carboxylic acids is 2. The van der Waals surface area contributed by atoms with Gasteiger partial charge in [0.15, 0.2) is 0 Å². The molecule has 4 nitrogen and oxygen atoms in total. The Bertz CT molecular complexity index is 434. The summed E-state index contributed by atoms with van der Waals surface area (Å²) in [5.74, 6) is 1.78. The van der Waals surface area contributed by atoms with E-state index in [1.165, 1.54) is 0 Å². The summed E-state index contributed by atoms with van der Waals surface area (Å²) >= 11 is 0. The van der Waals surface area contributed by atoms with Crippen molar-refractivity contribution in [2.24, 2.45) is 0 Å². The maximum Gasteiger partial charge on any atom is 0.251 e. The number of terminal acetylenes is 1. The van der Waals surface area contributed by atoms with Crippen LogP contribution in [-0.2, 0) is 4.79 Å². The van der Waals surface area contributed by atoms with Crippen LogP contribution in [0.3, 0.4) is 0 Å². The first-order valence-corrected chi connectivity index (χ1v) is 5.22. The highest BCUT2D eigenvalue weighted by atomic mass is 16.2. The van der Waals surface area contributed by atoms with Gasteiger partial charge in [-0.3, -0.25) is 9.59 Å². The van der Waals surface area contributed by atoms with Crippen LogP contribution < -0.4 is 10.6 Å². The molecule has 0 aromatic heterocycles. The van der Waals surface area contributed by atoms with E-state index in [-0.39, 0.29) is 24.4 Å². The molecule has 0 aliphatic carbocycles. The van der Waals surface area contributed by atoms with E-state index in [0.29, 0.717) is 5.56 Å². The molecule has 0 saturated carbocycles. The van der Waals surface area contributed by atoms with Crippen LogP contribution in [0.1, 0.15) is 17.3 Å². The molecule has 1 rings (SSSR count). The first-order valence-electron chi connectivity index (χ1n) is 5.22. The highest BCUT2D eigenvalue weighted by molar-refractivity contribution is 5.96. The molecule has 0 radical (unpaired) electrons. The lowest BCUT2D eigenvalue weighted by molar-refractivity contribution is -0.120. The van der Waals surface area contributed by atoms with E-state index in [0.717, 1.165) is 0 Å². The third kappa shape index (κ3) is 4.39. The summed E-state index contributed by atoms with van der Waals surface area (Å²) in [7, 11) is 0. The Morgan fingerprint density at radius 1 is 1.35 bits per heavy atom. The van der Waals surface area contributed by atoms with Crippen molar-refractivity contribution >= 4 is 11.8 Å². The van der Waals surface area contributed by atoms with Crippen molar-refractivity contribution in [3.8, 4) is 12.3 Å². The molecule has 0 heterocycles. The number of benzene rings is 1. The van der Waals surface area contributed by atoms with Gasteiger partial charge in [-0.1, -0.05) is 24.1 Å². The molecule has 0 fully saturated rings. The fraction of sp³-hybridized carbons (Fsp3) is 0.231. The Labute approximate surface area is 100 Å². The van der Waals surface area contributed by atoms with Crippen LogP contribution in [0.2, 0.25) is 0 Å². The summed E-state index contributed by atoms with van der Waals surface area (Å²) in [5, 5.41) is 5.06. The molecule has 1 aromatic carbocycles. The third-order valence-corrected chi connectivity index (χ3v) is 2.07. The summed E-state index contributed by atoms with van der Waals surface area (Å²) in [4.78, 5) is 22.9. The molecule has 1 unspecified atom stereocenters. The zero-order chi connectivity index (χ0) is 12.7. The lowest BCUT2D eigenvalue weighted by Gasteiger charge is -2.08. The Hall–Kier alpha value is -2.28. The fourth-order valence-electron chi connectivity index (χ4n) is 1.19. The summed E-state index contributed by atoms with van der Waals surface area (Å²) in [6.45, 7) is 1.61. The minimum Gasteiger partial charge on any atom is -0.343 e. The zero-order valence-corrected chi connectivity index (χ0v) is 9.57. The molecule has 0 aliphatic heterocycles. The van der Waals surface area contributed by atoms with Crippen LogP contribution in [0.25, 0.3) is 0 Å². The molecule has 0 bridgehead atoms. The molecule has 4 heteroatoms. The van der Waals surface area contributed by atoms with E-state index in [1.54, 1.807) is 31.2 Å². The van der Waals surface area contributed by atoms with Crippen molar-refractivity contribution in [2.45, 2.75) is 13.0 Å². The van der Waals surface area contributed by atoms with Crippen LogP contribution in [-0.4, -0.2) is 24.4 Å². The minimum atomic E-state index is -0.337. The molecule has 2 amide bonds. The van der Waals surface area contributed by atoms with Crippen LogP contribution in [0, 0.1) is 12.3 Å². The van der Waals surface area contributed by atoms with Gasteiger partial charge in [0.2, 0.25) is 5.91 Å². The van der Waals surface area contributed by atoms with Crippen LogP contribution >= 0.6 is 0 Å².